The second kappa shape index (κ2) is 12.9. The van der Waals surface area contributed by atoms with Gasteiger partial charge in [-0.15, -0.1) is 0 Å². The smallest absolute Gasteiger partial charge is 0.353 e. The highest BCUT2D eigenvalue weighted by Crippen LogP contribution is 2.26. The fourth-order valence-electron chi connectivity index (χ4n) is 4.16. The van der Waals surface area contributed by atoms with Gasteiger partial charge in [0.2, 0.25) is 6.10 Å². The number of carbonyl (C=O) groups excluding carboxylic acids is 2. The predicted octanol–water partition coefficient (Wildman–Crippen LogP) is 5.60. The second-order valence-corrected chi connectivity index (χ2v) is 9.39. The van der Waals surface area contributed by atoms with Gasteiger partial charge < -0.3 is 24.3 Å². The number of benzene rings is 2. The molecule has 0 aliphatic rings. The first-order valence-corrected chi connectivity index (χ1v) is 13.2. The number of ether oxygens (including phenoxy) is 2. The largest absolute Gasteiger partial charge is 0.472 e. The number of unbranched alkanes of at least 4 members (excludes halogenated alkanes) is 1. The van der Waals surface area contributed by atoms with Gasteiger partial charge in [0, 0.05) is 38.9 Å². The van der Waals surface area contributed by atoms with Crippen molar-refractivity contribution in [2.75, 3.05) is 26.0 Å². The Hall–Kier alpha value is -4.40. The highest BCUT2D eigenvalue weighted by atomic mass is 16.6. The molecule has 1 unspecified atom stereocenters. The number of aromatic nitrogens is 3. The van der Waals surface area contributed by atoms with Crippen LogP contribution in [0.1, 0.15) is 49.9 Å². The Morgan fingerprint density at radius 1 is 1.05 bits per heavy atom. The SMILES string of the molecule is CCCCc1nc2ccc(NC(=O)N(C)C)cc2n1Cc1ccc(OC(C(=O)OCC)c2ccccn2)cc1. The standard InChI is InChI=1S/C30H35N5O4/c1-5-7-11-27-33-24-17-14-22(32-30(37)34(3)4)19-26(24)35(27)20-21-12-15-23(16-13-21)39-28(29(36)38-6-2)25-10-8-9-18-31-25/h8-10,12-19,28H,5-7,11,20H2,1-4H3,(H,32,37). The van der Waals surface area contributed by atoms with Gasteiger partial charge in [-0.3, -0.25) is 4.98 Å². The molecule has 9 nitrogen and oxygen atoms in total. The molecule has 204 valence electrons. The molecule has 1 N–H and O–H groups in total. The average Bonchev–Trinajstić information content (AvgIpc) is 3.28. The number of amides is 2. The van der Waals surface area contributed by atoms with Crippen molar-refractivity contribution in [3.8, 4) is 5.75 Å². The molecular weight excluding hydrogens is 494 g/mol. The maximum atomic E-state index is 12.6. The third kappa shape index (κ3) is 6.93. The number of imidazole rings is 1. The maximum Gasteiger partial charge on any atom is 0.353 e. The molecule has 0 spiro atoms. The van der Waals surface area contributed by atoms with E-state index in [9.17, 15) is 9.59 Å². The predicted molar refractivity (Wildman–Crippen MR) is 151 cm³/mol. The van der Waals surface area contributed by atoms with Gasteiger partial charge in [-0.1, -0.05) is 31.5 Å². The molecule has 2 aromatic heterocycles. The molecule has 0 radical (unpaired) electrons. The van der Waals surface area contributed by atoms with Crippen LogP contribution in [0.25, 0.3) is 11.0 Å². The first kappa shape index (κ1) is 27.6. The van der Waals surface area contributed by atoms with Crippen LogP contribution in [0, 0.1) is 0 Å². The summed E-state index contributed by atoms with van der Waals surface area (Å²) < 4.78 is 13.4. The highest BCUT2D eigenvalue weighted by molar-refractivity contribution is 5.91. The van der Waals surface area contributed by atoms with E-state index in [0.717, 1.165) is 41.7 Å². The lowest BCUT2D eigenvalue weighted by Gasteiger charge is -2.17. The number of urea groups is 1. The van der Waals surface area contributed by atoms with Gasteiger partial charge in [-0.05, 0) is 61.4 Å². The molecule has 2 amide bonds. The van der Waals surface area contributed by atoms with E-state index >= 15 is 0 Å². The minimum absolute atomic E-state index is 0.186. The van der Waals surface area contributed by atoms with Crippen LogP contribution in [0.2, 0.25) is 0 Å². The van der Waals surface area contributed by atoms with Gasteiger partial charge in [0.25, 0.3) is 0 Å². The van der Waals surface area contributed by atoms with Crippen LogP contribution in [0.5, 0.6) is 5.75 Å². The van der Waals surface area contributed by atoms with Gasteiger partial charge >= 0.3 is 12.0 Å². The van der Waals surface area contributed by atoms with Gasteiger partial charge in [-0.25, -0.2) is 14.6 Å². The monoisotopic (exact) mass is 529 g/mol. The molecule has 9 heteroatoms. The molecule has 2 heterocycles. The molecule has 0 aliphatic carbocycles. The maximum absolute atomic E-state index is 12.6. The molecule has 0 saturated heterocycles. The Morgan fingerprint density at radius 3 is 2.51 bits per heavy atom. The number of hydrogen-bond donors (Lipinski definition) is 1. The number of pyridine rings is 1. The van der Waals surface area contributed by atoms with E-state index in [1.807, 2.05) is 48.5 Å². The molecule has 0 bridgehead atoms. The zero-order valence-electron chi connectivity index (χ0n) is 22.9. The molecule has 1 atom stereocenters. The highest BCUT2D eigenvalue weighted by Gasteiger charge is 2.25. The van der Waals surface area contributed by atoms with E-state index in [1.54, 1.807) is 39.3 Å². The van der Waals surface area contributed by atoms with Gasteiger partial charge in [0.1, 0.15) is 11.6 Å². The summed E-state index contributed by atoms with van der Waals surface area (Å²) in [6, 6.07) is 18.6. The fourth-order valence-corrected chi connectivity index (χ4v) is 4.16. The molecule has 4 rings (SSSR count). The minimum atomic E-state index is -0.953. The van der Waals surface area contributed by atoms with Crippen LogP contribution in [0.15, 0.2) is 66.9 Å². The van der Waals surface area contributed by atoms with Crippen LogP contribution in [0.4, 0.5) is 10.5 Å². The molecule has 39 heavy (non-hydrogen) atoms. The third-order valence-electron chi connectivity index (χ3n) is 6.21. The number of aryl methyl sites for hydroxylation is 1. The molecule has 4 aromatic rings. The van der Waals surface area contributed by atoms with Gasteiger partial charge in [-0.2, -0.15) is 0 Å². The van der Waals surface area contributed by atoms with Gasteiger partial charge in [0.05, 0.1) is 23.3 Å². The zero-order chi connectivity index (χ0) is 27.8. The van der Waals surface area contributed by atoms with E-state index in [-0.39, 0.29) is 12.6 Å². The summed E-state index contributed by atoms with van der Waals surface area (Å²) in [6.45, 7) is 4.78. The quantitative estimate of drug-likeness (QED) is 0.254. The van der Waals surface area contributed by atoms with Crippen LogP contribution in [-0.4, -0.2) is 52.1 Å². The van der Waals surface area contributed by atoms with Crippen LogP contribution in [-0.2, 0) is 22.5 Å². The van der Waals surface area contributed by atoms with E-state index in [1.165, 1.54) is 4.90 Å². The summed E-state index contributed by atoms with van der Waals surface area (Å²) in [7, 11) is 3.42. The number of anilines is 1. The Morgan fingerprint density at radius 2 is 1.85 bits per heavy atom. The van der Waals surface area contributed by atoms with Crippen molar-refractivity contribution in [3.63, 3.8) is 0 Å². The lowest BCUT2D eigenvalue weighted by atomic mass is 10.2. The molecule has 2 aromatic carbocycles. The summed E-state index contributed by atoms with van der Waals surface area (Å²) in [5.41, 5.74) is 4.09. The molecule has 0 saturated carbocycles. The Bertz CT molecular complexity index is 1400. The Balaban J connectivity index is 1.59. The number of rotatable bonds is 11. The Labute approximate surface area is 228 Å². The topological polar surface area (TPSA) is 98.6 Å². The summed E-state index contributed by atoms with van der Waals surface area (Å²) in [5, 5.41) is 2.92. The lowest BCUT2D eigenvalue weighted by molar-refractivity contribution is -0.152. The van der Waals surface area contributed by atoms with E-state index in [4.69, 9.17) is 14.5 Å². The van der Waals surface area contributed by atoms with Crippen molar-refractivity contribution in [2.24, 2.45) is 0 Å². The number of nitrogens with zero attached hydrogens (tertiary/aromatic N) is 4. The van der Waals surface area contributed by atoms with Crippen LogP contribution >= 0.6 is 0 Å². The lowest BCUT2D eigenvalue weighted by Crippen LogP contribution is -2.27. The van der Waals surface area contributed by atoms with Gasteiger partial charge in [0.15, 0.2) is 0 Å². The number of hydrogen-bond acceptors (Lipinski definition) is 6. The first-order chi connectivity index (χ1) is 18.9. The van der Waals surface area contributed by atoms with Crippen molar-refractivity contribution in [1.82, 2.24) is 19.4 Å². The summed E-state index contributed by atoms with van der Waals surface area (Å²) in [5.74, 6) is 1.06. The van der Waals surface area contributed by atoms with Crippen molar-refractivity contribution < 1.29 is 19.1 Å². The van der Waals surface area contributed by atoms with E-state index < -0.39 is 12.1 Å². The fraction of sp³-hybridized carbons (Fsp3) is 0.333. The van der Waals surface area contributed by atoms with Crippen LogP contribution < -0.4 is 10.1 Å². The average molecular weight is 530 g/mol. The normalized spacial score (nSPS) is 11.7. The second-order valence-electron chi connectivity index (χ2n) is 9.39. The van der Waals surface area contributed by atoms with E-state index in [0.29, 0.717) is 23.7 Å². The Kier molecular flexibility index (Phi) is 9.14. The number of fused-ring (bicyclic) bond motifs is 1. The molecule has 0 aliphatic heterocycles. The zero-order valence-corrected chi connectivity index (χ0v) is 22.9. The third-order valence-corrected chi connectivity index (χ3v) is 6.21. The number of esters is 1. The van der Waals surface area contributed by atoms with Crippen molar-refractivity contribution in [1.29, 1.82) is 0 Å². The number of nitrogens with one attached hydrogen (secondary N) is 1. The summed E-state index contributed by atoms with van der Waals surface area (Å²) in [4.78, 5) is 35.4. The first-order valence-electron chi connectivity index (χ1n) is 13.2. The molecule has 0 fully saturated rings. The van der Waals surface area contributed by atoms with E-state index in [2.05, 4.69) is 21.8 Å². The van der Waals surface area contributed by atoms with Crippen molar-refractivity contribution >= 4 is 28.7 Å². The number of carbonyl (C=O) groups is 2. The minimum Gasteiger partial charge on any atom is -0.472 e. The molecular formula is C30H35N5O4. The van der Waals surface area contributed by atoms with Crippen LogP contribution in [0.3, 0.4) is 0 Å². The van der Waals surface area contributed by atoms with Crippen molar-refractivity contribution in [2.45, 2.75) is 45.8 Å². The summed E-state index contributed by atoms with van der Waals surface area (Å²) in [6.07, 6.45) is 3.63. The van der Waals surface area contributed by atoms with Crippen molar-refractivity contribution in [3.05, 3.63) is 83.9 Å². The summed E-state index contributed by atoms with van der Waals surface area (Å²) >= 11 is 0.